The van der Waals surface area contributed by atoms with Gasteiger partial charge >= 0.3 is 6.01 Å². The van der Waals surface area contributed by atoms with Crippen LogP contribution in [0.1, 0.15) is 5.56 Å². The summed E-state index contributed by atoms with van der Waals surface area (Å²) in [5, 5.41) is 6.92. The van der Waals surface area contributed by atoms with E-state index in [-0.39, 0.29) is 0 Å². The van der Waals surface area contributed by atoms with Crippen LogP contribution >= 0.6 is 0 Å². The van der Waals surface area contributed by atoms with Gasteiger partial charge in [0.2, 0.25) is 0 Å². The van der Waals surface area contributed by atoms with Crippen molar-refractivity contribution in [2.75, 3.05) is 6.61 Å². The summed E-state index contributed by atoms with van der Waals surface area (Å²) in [5.41, 5.74) is 2.13. The van der Waals surface area contributed by atoms with Gasteiger partial charge < -0.3 is 4.74 Å². The lowest BCUT2D eigenvalue weighted by Gasteiger charge is -1.96. The highest BCUT2D eigenvalue weighted by atomic mass is 16.5. The Labute approximate surface area is 123 Å². The summed E-state index contributed by atoms with van der Waals surface area (Å²) in [6.45, 7) is 0.432. The van der Waals surface area contributed by atoms with Gasteiger partial charge in [-0.25, -0.2) is 0 Å². The highest BCUT2D eigenvalue weighted by molar-refractivity contribution is 5.54. The summed E-state index contributed by atoms with van der Waals surface area (Å²) in [6.07, 6.45) is 3.94. The van der Waals surface area contributed by atoms with Gasteiger partial charge in [0.25, 0.3) is 0 Å². The normalized spacial score (nSPS) is 10.9. The summed E-state index contributed by atoms with van der Waals surface area (Å²) >= 11 is 0. The second-order valence-corrected chi connectivity index (χ2v) is 4.46. The third-order valence-electron chi connectivity index (χ3n) is 2.93. The predicted octanol–water partition coefficient (Wildman–Crippen LogP) is 3.56. The van der Waals surface area contributed by atoms with Crippen LogP contribution in [0.25, 0.3) is 17.5 Å². The van der Waals surface area contributed by atoms with E-state index in [1.165, 1.54) is 0 Å². The molecule has 4 nitrogen and oxygen atoms in total. The maximum atomic E-state index is 5.49. The van der Waals surface area contributed by atoms with Crippen molar-refractivity contribution in [1.29, 1.82) is 0 Å². The van der Waals surface area contributed by atoms with Crippen molar-refractivity contribution in [3.05, 3.63) is 72.3 Å². The molecule has 0 fully saturated rings. The number of nitrogens with one attached hydrogen (secondary N) is 1. The van der Waals surface area contributed by atoms with E-state index in [0.29, 0.717) is 18.4 Å². The number of hydrogen-bond donors (Lipinski definition) is 1. The Balaban J connectivity index is 1.57. The van der Waals surface area contributed by atoms with E-state index >= 15 is 0 Å². The molecule has 3 rings (SSSR count). The number of nitrogens with zero attached hydrogens (tertiary/aromatic N) is 2. The Morgan fingerprint density at radius 1 is 0.952 bits per heavy atom. The van der Waals surface area contributed by atoms with Gasteiger partial charge in [-0.05, 0) is 11.6 Å². The molecule has 0 unspecified atom stereocenters. The molecule has 1 N–H and O–H groups in total. The summed E-state index contributed by atoms with van der Waals surface area (Å²) < 4.78 is 5.49. The number of aromatic amines is 1. The largest absolute Gasteiger partial charge is 0.458 e. The number of aromatic nitrogens is 3. The van der Waals surface area contributed by atoms with Gasteiger partial charge in [0.05, 0.1) is 0 Å². The van der Waals surface area contributed by atoms with E-state index in [9.17, 15) is 0 Å². The summed E-state index contributed by atoms with van der Waals surface area (Å²) in [4.78, 5) is 4.30. The van der Waals surface area contributed by atoms with Gasteiger partial charge in [0.15, 0.2) is 5.82 Å². The fraction of sp³-hybridized carbons (Fsp3) is 0.0588. The maximum Gasteiger partial charge on any atom is 0.336 e. The molecule has 0 saturated heterocycles. The fourth-order valence-corrected chi connectivity index (χ4v) is 1.91. The molecule has 1 heterocycles. The average molecular weight is 277 g/mol. The fourth-order valence-electron chi connectivity index (χ4n) is 1.91. The molecule has 4 heteroatoms. The molecule has 21 heavy (non-hydrogen) atoms. The number of H-pyrrole nitrogens is 1. The molecule has 3 aromatic rings. The minimum atomic E-state index is 0.353. The van der Waals surface area contributed by atoms with Crippen molar-refractivity contribution in [2.24, 2.45) is 0 Å². The standard InChI is InChI=1S/C17H15N3O/c1-3-8-14(9-4-1)10-7-13-21-17-18-16(19-20-17)15-11-5-2-6-12-15/h1-12H,13H2,(H,18,19,20). The Morgan fingerprint density at radius 2 is 1.67 bits per heavy atom. The lowest BCUT2D eigenvalue weighted by Crippen LogP contribution is -1.94. The van der Waals surface area contributed by atoms with Gasteiger partial charge in [-0.3, -0.25) is 5.10 Å². The molecule has 104 valence electrons. The zero-order valence-electron chi connectivity index (χ0n) is 11.4. The van der Waals surface area contributed by atoms with Gasteiger partial charge in [0.1, 0.15) is 6.61 Å². The Hall–Kier alpha value is -2.88. The molecule has 0 aliphatic rings. The predicted molar refractivity (Wildman–Crippen MR) is 82.8 cm³/mol. The zero-order chi connectivity index (χ0) is 14.3. The van der Waals surface area contributed by atoms with Crippen LogP contribution in [0.3, 0.4) is 0 Å². The first-order valence-corrected chi connectivity index (χ1v) is 6.74. The summed E-state index contributed by atoms with van der Waals surface area (Å²) in [7, 11) is 0. The van der Waals surface area contributed by atoms with Crippen LogP contribution in [0, 0.1) is 0 Å². The van der Waals surface area contributed by atoms with E-state index in [0.717, 1.165) is 11.1 Å². The molecule has 0 bridgehead atoms. The zero-order valence-corrected chi connectivity index (χ0v) is 11.4. The van der Waals surface area contributed by atoms with E-state index in [2.05, 4.69) is 15.2 Å². The molecule has 0 atom stereocenters. The van der Waals surface area contributed by atoms with Crippen molar-refractivity contribution < 1.29 is 4.74 Å². The quantitative estimate of drug-likeness (QED) is 0.775. The first-order chi connectivity index (χ1) is 10.4. The molecule has 0 aliphatic carbocycles. The molecule has 2 aromatic carbocycles. The third kappa shape index (κ3) is 3.57. The van der Waals surface area contributed by atoms with Crippen molar-refractivity contribution in [3.63, 3.8) is 0 Å². The highest BCUT2D eigenvalue weighted by Crippen LogP contribution is 2.15. The molecule has 0 radical (unpaired) electrons. The monoisotopic (exact) mass is 277 g/mol. The average Bonchev–Trinajstić information content (AvgIpc) is 3.02. The van der Waals surface area contributed by atoms with Gasteiger partial charge in [-0.15, -0.1) is 5.10 Å². The van der Waals surface area contributed by atoms with Crippen LogP contribution < -0.4 is 4.74 Å². The van der Waals surface area contributed by atoms with Crippen LogP contribution in [-0.4, -0.2) is 21.8 Å². The van der Waals surface area contributed by atoms with Crippen LogP contribution in [0.4, 0.5) is 0 Å². The van der Waals surface area contributed by atoms with Crippen molar-refractivity contribution >= 4 is 6.08 Å². The highest BCUT2D eigenvalue weighted by Gasteiger charge is 2.04. The molecule has 0 aliphatic heterocycles. The lowest BCUT2D eigenvalue weighted by molar-refractivity contribution is 0.335. The molecule has 0 amide bonds. The number of hydrogen-bond acceptors (Lipinski definition) is 3. The van der Waals surface area contributed by atoms with E-state index < -0.39 is 0 Å². The van der Waals surface area contributed by atoms with Gasteiger partial charge in [-0.2, -0.15) is 4.98 Å². The van der Waals surface area contributed by atoms with Crippen molar-refractivity contribution in [1.82, 2.24) is 15.2 Å². The van der Waals surface area contributed by atoms with Crippen LogP contribution in [0.15, 0.2) is 66.7 Å². The van der Waals surface area contributed by atoms with Crippen molar-refractivity contribution in [2.45, 2.75) is 0 Å². The van der Waals surface area contributed by atoms with Crippen LogP contribution in [-0.2, 0) is 0 Å². The smallest absolute Gasteiger partial charge is 0.336 e. The first-order valence-electron chi connectivity index (χ1n) is 6.74. The third-order valence-corrected chi connectivity index (χ3v) is 2.93. The molecule has 0 spiro atoms. The molecule has 1 aromatic heterocycles. The SMILES string of the molecule is C(=Cc1ccccc1)COc1n[nH]c(-c2ccccc2)n1. The van der Waals surface area contributed by atoms with E-state index in [1.807, 2.05) is 72.8 Å². The Bertz CT molecular complexity index is 705. The molecular formula is C17H15N3O. The topological polar surface area (TPSA) is 50.8 Å². The van der Waals surface area contributed by atoms with Gasteiger partial charge in [0, 0.05) is 5.56 Å². The Morgan fingerprint density at radius 3 is 2.43 bits per heavy atom. The van der Waals surface area contributed by atoms with Crippen molar-refractivity contribution in [3.8, 4) is 17.4 Å². The van der Waals surface area contributed by atoms with Crippen LogP contribution in [0.5, 0.6) is 6.01 Å². The summed E-state index contributed by atoms with van der Waals surface area (Å²) in [6, 6.07) is 20.3. The number of rotatable bonds is 5. The number of benzene rings is 2. The van der Waals surface area contributed by atoms with Crippen LogP contribution in [0.2, 0.25) is 0 Å². The summed E-state index contributed by atoms with van der Waals surface area (Å²) in [5.74, 6) is 0.706. The van der Waals surface area contributed by atoms with E-state index in [4.69, 9.17) is 4.74 Å². The minimum Gasteiger partial charge on any atom is -0.458 e. The molecular weight excluding hydrogens is 262 g/mol. The second kappa shape index (κ2) is 6.52. The maximum absolute atomic E-state index is 5.49. The van der Waals surface area contributed by atoms with E-state index in [1.54, 1.807) is 0 Å². The lowest BCUT2D eigenvalue weighted by atomic mass is 10.2. The van der Waals surface area contributed by atoms with Gasteiger partial charge in [-0.1, -0.05) is 66.7 Å². The molecule has 0 saturated carbocycles. The number of ether oxygens (including phenoxy) is 1. The Kier molecular flexibility index (Phi) is 4.07. The first kappa shape index (κ1) is 13.1. The second-order valence-electron chi connectivity index (χ2n) is 4.46. The minimum absolute atomic E-state index is 0.353.